The minimum Gasteiger partial charge on any atom is -0.377 e. The molecule has 0 amide bonds. The highest BCUT2D eigenvalue weighted by Crippen LogP contribution is 2.40. The minimum atomic E-state index is 0.0704. The second-order valence-electron chi connectivity index (χ2n) is 6.00. The Bertz CT molecular complexity index is 219. The zero-order chi connectivity index (χ0) is 12.9. The normalized spacial score (nSPS) is 33.4. The highest BCUT2D eigenvalue weighted by Gasteiger charge is 2.43. The van der Waals surface area contributed by atoms with Crippen molar-refractivity contribution in [1.82, 2.24) is 5.32 Å². The lowest BCUT2D eigenvalue weighted by molar-refractivity contribution is -0.0899. The third kappa shape index (κ3) is 3.45. The number of ether oxygens (including phenoxy) is 1. The fourth-order valence-corrected chi connectivity index (χ4v) is 3.83. The van der Waals surface area contributed by atoms with Gasteiger partial charge in [-0.1, -0.05) is 40.0 Å². The number of rotatable bonds is 6. The first-order valence-corrected chi connectivity index (χ1v) is 7.32. The number of hydrogen-bond donors (Lipinski definition) is 1. The van der Waals surface area contributed by atoms with E-state index in [1.165, 1.54) is 38.5 Å². The number of likely N-dealkylation sites (N-methyl/N-ethyl adjacent to an activating group) is 1. The molecule has 4 atom stereocenters. The molecule has 1 aliphatic carbocycles. The fourth-order valence-electron chi connectivity index (χ4n) is 3.83. The zero-order valence-corrected chi connectivity index (χ0v) is 12.4. The average molecular weight is 241 g/mol. The molecule has 0 aliphatic heterocycles. The van der Waals surface area contributed by atoms with Crippen molar-refractivity contribution in [2.24, 2.45) is 11.8 Å². The Morgan fingerprint density at radius 2 is 2.18 bits per heavy atom. The summed E-state index contributed by atoms with van der Waals surface area (Å²) in [6.45, 7) is 7.00. The van der Waals surface area contributed by atoms with Crippen LogP contribution in [-0.4, -0.2) is 25.8 Å². The molecule has 102 valence electrons. The van der Waals surface area contributed by atoms with Gasteiger partial charge < -0.3 is 10.1 Å². The molecule has 1 aliphatic rings. The molecule has 0 aromatic rings. The summed E-state index contributed by atoms with van der Waals surface area (Å²) in [5, 5.41) is 3.54. The Balaban J connectivity index is 2.80. The van der Waals surface area contributed by atoms with E-state index in [0.717, 1.165) is 5.92 Å². The van der Waals surface area contributed by atoms with E-state index in [4.69, 9.17) is 4.74 Å². The lowest BCUT2D eigenvalue weighted by Gasteiger charge is -2.47. The van der Waals surface area contributed by atoms with Gasteiger partial charge in [0, 0.05) is 13.2 Å². The van der Waals surface area contributed by atoms with Gasteiger partial charge in [-0.25, -0.2) is 0 Å². The first-order chi connectivity index (χ1) is 8.09. The van der Waals surface area contributed by atoms with Crippen LogP contribution in [0.4, 0.5) is 0 Å². The van der Waals surface area contributed by atoms with Crippen molar-refractivity contribution >= 4 is 0 Å². The quantitative estimate of drug-likeness (QED) is 0.767. The highest BCUT2D eigenvalue weighted by molar-refractivity contribution is 4.98. The van der Waals surface area contributed by atoms with Gasteiger partial charge in [0.15, 0.2) is 0 Å². The lowest BCUT2D eigenvalue weighted by atomic mass is 9.70. The summed E-state index contributed by atoms with van der Waals surface area (Å²) in [5.41, 5.74) is 0.0704. The molecule has 17 heavy (non-hydrogen) atoms. The molecule has 1 saturated carbocycles. The summed E-state index contributed by atoms with van der Waals surface area (Å²) >= 11 is 0. The summed E-state index contributed by atoms with van der Waals surface area (Å²) in [7, 11) is 4.00. The molecular weight excluding hydrogens is 210 g/mol. The minimum absolute atomic E-state index is 0.0704. The van der Waals surface area contributed by atoms with Crippen molar-refractivity contribution in [1.29, 1.82) is 0 Å². The maximum Gasteiger partial charge on any atom is 0.0836 e. The predicted molar refractivity (Wildman–Crippen MR) is 74.3 cm³/mol. The second-order valence-corrected chi connectivity index (χ2v) is 6.00. The summed E-state index contributed by atoms with van der Waals surface area (Å²) in [6.07, 6.45) is 7.64. The molecule has 0 saturated heterocycles. The number of hydrogen-bond acceptors (Lipinski definition) is 2. The molecule has 0 aromatic heterocycles. The van der Waals surface area contributed by atoms with E-state index in [1.54, 1.807) is 0 Å². The van der Waals surface area contributed by atoms with Crippen LogP contribution < -0.4 is 5.32 Å². The maximum atomic E-state index is 6.01. The topological polar surface area (TPSA) is 21.3 Å². The molecular formula is C15H31NO. The van der Waals surface area contributed by atoms with Crippen molar-refractivity contribution in [2.75, 3.05) is 14.2 Å². The van der Waals surface area contributed by atoms with E-state index < -0.39 is 0 Å². The Morgan fingerprint density at radius 1 is 1.47 bits per heavy atom. The molecule has 4 unspecified atom stereocenters. The van der Waals surface area contributed by atoms with Crippen LogP contribution in [0.3, 0.4) is 0 Å². The molecule has 0 radical (unpaired) electrons. The van der Waals surface area contributed by atoms with Gasteiger partial charge in [0.25, 0.3) is 0 Å². The van der Waals surface area contributed by atoms with Gasteiger partial charge in [0.05, 0.1) is 5.60 Å². The van der Waals surface area contributed by atoms with Gasteiger partial charge in [-0.15, -0.1) is 0 Å². The van der Waals surface area contributed by atoms with Crippen LogP contribution in [0.5, 0.6) is 0 Å². The van der Waals surface area contributed by atoms with E-state index in [0.29, 0.717) is 12.0 Å². The lowest BCUT2D eigenvalue weighted by Crippen LogP contribution is -2.56. The summed E-state index contributed by atoms with van der Waals surface area (Å²) < 4.78 is 6.01. The third-order valence-electron chi connectivity index (χ3n) is 4.59. The van der Waals surface area contributed by atoms with Crippen LogP contribution in [0.2, 0.25) is 0 Å². The van der Waals surface area contributed by atoms with Gasteiger partial charge in [-0.05, 0) is 38.1 Å². The molecule has 0 aromatic carbocycles. The van der Waals surface area contributed by atoms with Gasteiger partial charge >= 0.3 is 0 Å². The molecule has 2 heteroatoms. The summed E-state index contributed by atoms with van der Waals surface area (Å²) in [5.74, 6) is 1.49. The molecule has 1 N–H and O–H groups in total. The molecule has 0 heterocycles. The van der Waals surface area contributed by atoms with Gasteiger partial charge in [-0.3, -0.25) is 0 Å². The van der Waals surface area contributed by atoms with Gasteiger partial charge in [0.1, 0.15) is 0 Å². The Kier molecular flexibility index (Phi) is 5.94. The first kappa shape index (κ1) is 15.0. The Labute approximate surface area is 108 Å². The van der Waals surface area contributed by atoms with Crippen LogP contribution in [-0.2, 0) is 4.74 Å². The van der Waals surface area contributed by atoms with Crippen LogP contribution >= 0.6 is 0 Å². The van der Waals surface area contributed by atoms with Crippen LogP contribution in [0.1, 0.15) is 59.3 Å². The van der Waals surface area contributed by atoms with E-state index in [2.05, 4.69) is 33.1 Å². The third-order valence-corrected chi connectivity index (χ3v) is 4.59. The van der Waals surface area contributed by atoms with Crippen molar-refractivity contribution in [3.8, 4) is 0 Å². The molecule has 0 bridgehead atoms. The second kappa shape index (κ2) is 6.75. The number of methoxy groups -OCH3 is 1. The van der Waals surface area contributed by atoms with Crippen LogP contribution in [0.25, 0.3) is 0 Å². The fraction of sp³-hybridized carbons (Fsp3) is 1.00. The zero-order valence-electron chi connectivity index (χ0n) is 12.4. The maximum absolute atomic E-state index is 6.01. The van der Waals surface area contributed by atoms with Crippen molar-refractivity contribution in [3.05, 3.63) is 0 Å². The average Bonchev–Trinajstić information content (AvgIpc) is 2.30. The first-order valence-electron chi connectivity index (χ1n) is 7.32. The van der Waals surface area contributed by atoms with E-state index in [1.807, 2.05) is 7.11 Å². The van der Waals surface area contributed by atoms with E-state index >= 15 is 0 Å². The monoisotopic (exact) mass is 241 g/mol. The van der Waals surface area contributed by atoms with Crippen LogP contribution in [0, 0.1) is 11.8 Å². The molecule has 1 fully saturated rings. The number of nitrogens with one attached hydrogen (secondary N) is 1. The van der Waals surface area contributed by atoms with E-state index in [9.17, 15) is 0 Å². The molecule has 0 spiro atoms. The van der Waals surface area contributed by atoms with Gasteiger partial charge in [-0.2, -0.15) is 0 Å². The summed E-state index contributed by atoms with van der Waals surface area (Å²) in [4.78, 5) is 0. The van der Waals surface area contributed by atoms with Crippen LogP contribution in [0.15, 0.2) is 0 Å². The largest absolute Gasteiger partial charge is 0.377 e. The SMILES string of the molecule is CCCC(C)C(NC)C1(OC)CCCC(C)C1. The highest BCUT2D eigenvalue weighted by atomic mass is 16.5. The van der Waals surface area contributed by atoms with Crippen molar-refractivity contribution < 1.29 is 4.74 Å². The summed E-state index contributed by atoms with van der Waals surface area (Å²) in [6, 6.07) is 0.496. The Hall–Kier alpha value is -0.0800. The Morgan fingerprint density at radius 3 is 2.65 bits per heavy atom. The smallest absolute Gasteiger partial charge is 0.0836 e. The molecule has 2 nitrogen and oxygen atoms in total. The molecule has 1 rings (SSSR count). The van der Waals surface area contributed by atoms with E-state index in [-0.39, 0.29) is 5.60 Å². The standard InChI is InChI=1S/C15H31NO/c1-6-8-13(3)14(16-4)15(17-5)10-7-9-12(2)11-15/h12-14,16H,6-11H2,1-5H3. The van der Waals surface area contributed by atoms with Crippen molar-refractivity contribution in [3.63, 3.8) is 0 Å². The predicted octanol–water partition coefficient (Wildman–Crippen LogP) is 3.61. The van der Waals surface area contributed by atoms with Gasteiger partial charge in [0.2, 0.25) is 0 Å². The van der Waals surface area contributed by atoms with Crippen molar-refractivity contribution in [2.45, 2.75) is 70.9 Å².